The standard InChI is InChI=1S/C22H30N2O/c1-18-10-8-11-19(2)24(18)17-9-15-22(25,20-12-4-3-5-13-20)21-14-6-7-16-23-21/h3-7,12-14,16,18-19,25H,8-11,15,17H2,1-2H3/p+1/t18-,19+,22?. The van der Waals surface area contributed by atoms with Crippen molar-refractivity contribution in [2.24, 2.45) is 0 Å². The van der Waals surface area contributed by atoms with E-state index in [4.69, 9.17) is 0 Å². The highest BCUT2D eigenvalue weighted by Crippen LogP contribution is 2.32. The molecule has 0 radical (unpaired) electrons. The van der Waals surface area contributed by atoms with Crippen LogP contribution in [0, 0.1) is 0 Å². The number of aromatic nitrogens is 1. The number of hydrogen-bond acceptors (Lipinski definition) is 2. The minimum absolute atomic E-state index is 0.705. The van der Waals surface area contributed by atoms with Gasteiger partial charge in [0.1, 0.15) is 5.60 Å². The van der Waals surface area contributed by atoms with Crippen LogP contribution in [0.1, 0.15) is 57.2 Å². The summed E-state index contributed by atoms with van der Waals surface area (Å²) in [6, 6.07) is 17.2. The van der Waals surface area contributed by atoms with Gasteiger partial charge in [-0.2, -0.15) is 0 Å². The Kier molecular flexibility index (Phi) is 5.87. The van der Waals surface area contributed by atoms with Crippen molar-refractivity contribution in [2.45, 2.75) is 63.6 Å². The van der Waals surface area contributed by atoms with E-state index in [1.54, 1.807) is 11.1 Å². The number of nitrogens with zero attached hydrogens (tertiary/aromatic N) is 1. The topological polar surface area (TPSA) is 37.6 Å². The minimum atomic E-state index is -1.01. The molecule has 2 unspecified atom stereocenters. The molecule has 2 aromatic rings. The van der Waals surface area contributed by atoms with Gasteiger partial charge < -0.3 is 10.0 Å². The first-order chi connectivity index (χ1) is 12.1. The third-order valence-electron chi connectivity index (χ3n) is 5.88. The lowest BCUT2D eigenvalue weighted by Gasteiger charge is -2.36. The Balaban J connectivity index is 1.75. The molecule has 1 aromatic carbocycles. The Morgan fingerprint density at radius 2 is 1.72 bits per heavy atom. The summed E-state index contributed by atoms with van der Waals surface area (Å²) in [6.07, 6.45) is 7.46. The van der Waals surface area contributed by atoms with Gasteiger partial charge >= 0.3 is 0 Å². The summed E-state index contributed by atoms with van der Waals surface area (Å²) >= 11 is 0. The molecule has 3 heteroatoms. The number of pyridine rings is 1. The third-order valence-corrected chi connectivity index (χ3v) is 5.88. The van der Waals surface area contributed by atoms with Gasteiger partial charge in [0.2, 0.25) is 0 Å². The number of nitrogens with one attached hydrogen (secondary N) is 1. The first-order valence-electron chi connectivity index (χ1n) is 9.66. The van der Waals surface area contributed by atoms with Crippen molar-refractivity contribution in [3.63, 3.8) is 0 Å². The van der Waals surface area contributed by atoms with Gasteiger partial charge in [-0.3, -0.25) is 4.98 Å². The van der Waals surface area contributed by atoms with Crippen LogP contribution in [0.2, 0.25) is 0 Å². The monoisotopic (exact) mass is 339 g/mol. The normalized spacial score (nSPS) is 26.1. The van der Waals surface area contributed by atoms with Gasteiger partial charge in [-0.15, -0.1) is 0 Å². The first-order valence-corrected chi connectivity index (χ1v) is 9.66. The molecule has 2 N–H and O–H groups in total. The zero-order valence-electron chi connectivity index (χ0n) is 15.5. The molecule has 0 spiro atoms. The third kappa shape index (κ3) is 4.10. The fourth-order valence-electron chi connectivity index (χ4n) is 4.37. The Labute approximate surface area is 151 Å². The average molecular weight is 340 g/mol. The first kappa shape index (κ1) is 18.1. The molecular formula is C22H31N2O+. The SMILES string of the molecule is C[C@@H]1CCC[C@H](C)[NH+]1CCCC(O)(c1ccccc1)c1ccccn1. The van der Waals surface area contributed by atoms with Crippen molar-refractivity contribution in [1.82, 2.24) is 4.98 Å². The van der Waals surface area contributed by atoms with Crippen molar-refractivity contribution in [1.29, 1.82) is 0 Å². The fraction of sp³-hybridized carbons (Fsp3) is 0.500. The summed E-state index contributed by atoms with van der Waals surface area (Å²) in [5.41, 5.74) is 0.670. The van der Waals surface area contributed by atoms with Crippen molar-refractivity contribution >= 4 is 0 Å². The summed E-state index contributed by atoms with van der Waals surface area (Å²) in [5, 5.41) is 11.5. The second-order valence-corrected chi connectivity index (χ2v) is 7.60. The van der Waals surface area contributed by atoms with E-state index in [1.165, 1.54) is 19.3 Å². The maximum absolute atomic E-state index is 11.5. The summed E-state index contributed by atoms with van der Waals surface area (Å²) in [6.45, 7) is 5.85. The molecule has 0 amide bonds. The minimum Gasteiger partial charge on any atom is -0.379 e. The average Bonchev–Trinajstić information content (AvgIpc) is 2.65. The Bertz CT molecular complexity index is 594. The molecule has 0 bridgehead atoms. The van der Waals surface area contributed by atoms with Gasteiger partial charge in [-0.05, 0) is 63.6 Å². The molecule has 1 aliphatic rings. The van der Waals surface area contributed by atoms with E-state index in [0.717, 1.165) is 36.3 Å². The smallest absolute Gasteiger partial charge is 0.132 e. The van der Waals surface area contributed by atoms with Gasteiger partial charge in [0.15, 0.2) is 0 Å². The van der Waals surface area contributed by atoms with Crippen LogP contribution in [0.15, 0.2) is 54.7 Å². The highest BCUT2D eigenvalue weighted by molar-refractivity contribution is 5.31. The molecule has 3 rings (SSSR count). The van der Waals surface area contributed by atoms with Crippen LogP contribution in [0.5, 0.6) is 0 Å². The number of hydrogen-bond donors (Lipinski definition) is 2. The van der Waals surface area contributed by atoms with Crippen LogP contribution in [-0.2, 0) is 5.60 Å². The number of piperidine rings is 1. The predicted octanol–water partition coefficient (Wildman–Crippen LogP) is 2.94. The fourth-order valence-corrected chi connectivity index (χ4v) is 4.37. The number of likely N-dealkylation sites (tertiary alicyclic amines) is 1. The summed E-state index contributed by atoms with van der Waals surface area (Å²) in [4.78, 5) is 6.16. The summed E-state index contributed by atoms with van der Waals surface area (Å²) < 4.78 is 0. The summed E-state index contributed by atoms with van der Waals surface area (Å²) in [5.74, 6) is 0. The van der Waals surface area contributed by atoms with Crippen LogP contribution in [0.4, 0.5) is 0 Å². The van der Waals surface area contributed by atoms with Gasteiger partial charge in [0, 0.05) is 6.20 Å². The molecule has 3 nitrogen and oxygen atoms in total. The van der Waals surface area contributed by atoms with Crippen molar-refractivity contribution in [2.75, 3.05) is 6.54 Å². The van der Waals surface area contributed by atoms with E-state index >= 15 is 0 Å². The molecule has 0 aliphatic carbocycles. The van der Waals surface area contributed by atoms with E-state index in [9.17, 15) is 5.11 Å². The van der Waals surface area contributed by atoms with Crippen molar-refractivity contribution in [3.05, 3.63) is 66.0 Å². The molecule has 25 heavy (non-hydrogen) atoms. The van der Waals surface area contributed by atoms with Crippen LogP contribution in [-0.4, -0.2) is 28.7 Å². The molecule has 2 heterocycles. The predicted molar refractivity (Wildman–Crippen MR) is 102 cm³/mol. The lowest BCUT2D eigenvalue weighted by molar-refractivity contribution is -0.951. The van der Waals surface area contributed by atoms with Crippen molar-refractivity contribution < 1.29 is 10.0 Å². The molecule has 0 saturated carbocycles. The Hall–Kier alpha value is -1.71. The molecule has 134 valence electrons. The summed E-state index contributed by atoms with van der Waals surface area (Å²) in [7, 11) is 0. The highest BCUT2D eigenvalue weighted by atomic mass is 16.3. The van der Waals surface area contributed by atoms with Gasteiger partial charge in [0.05, 0.1) is 24.3 Å². The second kappa shape index (κ2) is 8.11. The van der Waals surface area contributed by atoms with Crippen LogP contribution in [0.3, 0.4) is 0 Å². The van der Waals surface area contributed by atoms with E-state index in [1.807, 2.05) is 48.5 Å². The number of quaternary nitrogens is 1. The van der Waals surface area contributed by atoms with E-state index in [2.05, 4.69) is 18.8 Å². The van der Waals surface area contributed by atoms with E-state index < -0.39 is 5.60 Å². The molecule has 1 saturated heterocycles. The Morgan fingerprint density at radius 3 is 2.36 bits per heavy atom. The van der Waals surface area contributed by atoms with E-state index in [-0.39, 0.29) is 0 Å². The highest BCUT2D eigenvalue weighted by Gasteiger charge is 2.34. The number of rotatable bonds is 6. The van der Waals surface area contributed by atoms with Crippen LogP contribution >= 0.6 is 0 Å². The quantitative estimate of drug-likeness (QED) is 0.849. The van der Waals surface area contributed by atoms with E-state index in [0.29, 0.717) is 6.42 Å². The molecule has 1 aromatic heterocycles. The second-order valence-electron chi connectivity index (χ2n) is 7.60. The van der Waals surface area contributed by atoms with Gasteiger partial charge in [0.25, 0.3) is 0 Å². The zero-order chi connectivity index (χ0) is 17.7. The van der Waals surface area contributed by atoms with Crippen LogP contribution in [0.25, 0.3) is 0 Å². The molecule has 1 aliphatic heterocycles. The van der Waals surface area contributed by atoms with Crippen molar-refractivity contribution in [3.8, 4) is 0 Å². The van der Waals surface area contributed by atoms with Gasteiger partial charge in [-0.1, -0.05) is 36.4 Å². The molecular weight excluding hydrogens is 308 g/mol. The lowest BCUT2D eigenvalue weighted by atomic mass is 9.85. The maximum atomic E-state index is 11.5. The number of aliphatic hydroxyl groups is 1. The van der Waals surface area contributed by atoms with Gasteiger partial charge in [-0.25, -0.2) is 0 Å². The molecule has 1 fully saturated rings. The maximum Gasteiger partial charge on any atom is 0.132 e. The lowest BCUT2D eigenvalue weighted by Crippen LogP contribution is -3.19. The number of benzene rings is 1. The van der Waals surface area contributed by atoms with Crippen LogP contribution < -0.4 is 4.90 Å². The Morgan fingerprint density at radius 1 is 1.04 bits per heavy atom. The largest absolute Gasteiger partial charge is 0.379 e. The molecule has 4 atom stereocenters. The zero-order valence-corrected chi connectivity index (χ0v) is 15.5.